The van der Waals surface area contributed by atoms with E-state index in [1.54, 1.807) is 31.4 Å². The van der Waals surface area contributed by atoms with Crippen molar-refractivity contribution in [1.29, 1.82) is 0 Å². The summed E-state index contributed by atoms with van der Waals surface area (Å²) in [7, 11) is 1.68. The Bertz CT molecular complexity index is 578. The van der Waals surface area contributed by atoms with Crippen LogP contribution in [0.15, 0.2) is 24.3 Å². The van der Waals surface area contributed by atoms with E-state index >= 15 is 0 Å². The highest BCUT2D eigenvalue weighted by molar-refractivity contribution is 6.11. The van der Waals surface area contributed by atoms with Crippen LogP contribution in [0.2, 0.25) is 0 Å². The van der Waals surface area contributed by atoms with E-state index in [2.05, 4.69) is 0 Å². The minimum absolute atomic E-state index is 0.00339. The number of benzene rings is 1. The van der Waals surface area contributed by atoms with Gasteiger partial charge in [-0.25, -0.2) is 0 Å². The van der Waals surface area contributed by atoms with Crippen molar-refractivity contribution in [2.75, 3.05) is 7.11 Å². The number of ketones is 2. The molecule has 1 aromatic rings. The lowest BCUT2D eigenvalue weighted by molar-refractivity contribution is -0.138. The maximum absolute atomic E-state index is 12.8. The van der Waals surface area contributed by atoms with Gasteiger partial charge >= 0.3 is 0 Å². The third-order valence-corrected chi connectivity index (χ3v) is 5.51. The molecular formula is C19H24O4. The Balaban J connectivity index is 1.82. The van der Waals surface area contributed by atoms with Gasteiger partial charge in [-0.05, 0) is 30.7 Å². The third-order valence-electron chi connectivity index (χ3n) is 5.51. The predicted octanol–water partition coefficient (Wildman–Crippen LogP) is 2.77. The van der Waals surface area contributed by atoms with E-state index in [4.69, 9.17) is 9.84 Å². The Labute approximate surface area is 136 Å². The average molecular weight is 316 g/mol. The van der Waals surface area contributed by atoms with Crippen LogP contribution in [0, 0.1) is 17.8 Å². The summed E-state index contributed by atoms with van der Waals surface area (Å²) in [6.07, 6.45) is 4.63. The first-order valence-corrected chi connectivity index (χ1v) is 8.46. The molecular weight excluding hydrogens is 292 g/mol. The zero-order chi connectivity index (χ0) is 16.4. The molecule has 124 valence electrons. The molecule has 4 unspecified atom stereocenters. The first-order valence-electron chi connectivity index (χ1n) is 8.46. The van der Waals surface area contributed by atoms with Crippen molar-refractivity contribution in [2.45, 2.75) is 44.8 Å². The highest BCUT2D eigenvalue weighted by Crippen LogP contribution is 2.42. The van der Waals surface area contributed by atoms with Crippen molar-refractivity contribution in [3.63, 3.8) is 0 Å². The Morgan fingerprint density at radius 1 is 1.22 bits per heavy atom. The van der Waals surface area contributed by atoms with Gasteiger partial charge in [-0.3, -0.25) is 9.59 Å². The molecule has 3 rings (SSSR count). The molecule has 4 atom stereocenters. The van der Waals surface area contributed by atoms with Crippen LogP contribution in [0.1, 0.15) is 48.0 Å². The first kappa shape index (κ1) is 16.3. The van der Waals surface area contributed by atoms with Crippen LogP contribution in [0.3, 0.4) is 0 Å². The van der Waals surface area contributed by atoms with Crippen molar-refractivity contribution in [1.82, 2.24) is 0 Å². The van der Waals surface area contributed by atoms with Crippen LogP contribution in [0.5, 0.6) is 0 Å². The lowest BCUT2D eigenvalue weighted by Crippen LogP contribution is -2.48. The van der Waals surface area contributed by atoms with E-state index in [9.17, 15) is 9.59 Å². The lowest BCUT2D eigenvalue weighted by atomic mass is 9.64. The van der Waals surface area contributed by atoms with E-state index in [0.29, 0.717) is 12.0 Å². The number of hydrogen-bond donors (Lipinski definition) is 1. The fourth-order valence-electron chi connectivity index (χ4n) is 4.22. The molecule has 2 fully saturated rings. The van der Waals surface area contributed by atoms with Crippen LogP contribution in [-0.2, 0) is 16.1 Å². The second-order valence-electron chi connectivity index (χ2n) is 6.74. The van der Waals surface area contributed by atoms with Crippen molar-refractivity contribution in [3.05, 3.63) is 35.4 Å². The van der Waals surface area contributed by atoms with E-state index in [1.165, 1.54) is 0 Å². The maximum atomic E-state index is 12.8. The Morgan fingerprint density at radius 2 is 1.91 bits per heavy atom. The fourth-order valence-corrected chi connectivity index (χ4v) is 4.22. The second-order valence-corrected chi connectivity index (χ2v) is 6.74. The second kappa shape index (κ2) is 6.93. The Kier molecular flexibility index (Phi) is 4.93. The zero-order valence-corrected chi connectivity index (χ0v) is 13.5. The number of rotatable bonds is 4. The zero-order valence-electron chi connectivity index (χ0n) is 13.5. The average Bonchev–Trinajstić information content (AvgIpc) is 2.62. The van der Waals surface area contributed by atoms with Crippen LogP contribution in [0.4, 0.5) is 0 Å². The predicted molar refractivity (Wildman–Crippen MR) is 86.1 cm³/mol. The summed E-state index contributed by atoms with van der Waals surface area (Å²) in [5.74, 6) is -0.320. The van der Waals surface area contributed by atoms with Gasteiger partial charge < -0.3 is 9.84 Å². The summed E-state index contributed by atoms with van der Waals surface area (Å²) < 4.78 is 5.62. The molecule has 1 aromatic carbocycles. The van der Waals surface area contributed by atoms with Gasteiger partial charge in [-0.2, -0.15) is 0 Å². The summed E-state index contributed by atoms with van der Waals surface area (Å²) in [4.78, 5) is 25.6. The van der Waals surface area contributed by atoms with Crippen molar-refractivity contribution >= 4 is 11.6 Å². The Morgan fingerprint density at radius 3 is 2.57 bits per heavy atom. The first-order chi connectivity index (χ1) is 11.2. The van der Waals surface area contributed by atoms with Gasteiger partial charge in [0.15, 0.2) is 5.78 Å². The molecule has 0 aliphatic heterocycles. The molecule has 0 saturated heterocycles. The number of fused-ring (bicyclic) bond motifs is 1. The van der Waals surface area contributed by atoms with Crippen LogP contribution < -0.4 is 0 Å². The number of methoxy groups -OCH3 is 1. The number of aliphatic hydroxyl groups excluding tert-OH is 1. The molecule has 0 amide bonds. The highest BCUT2D eigenvalue weighted by Gasteiger charge is 2.47. The van der Waals surface area contributed by atoms with Gasteiger partial charge in [-0.15, -0.1) is 0 Å². The minimum atomic E-state index is -0.584. The number of carbonyl (C=O) groups excluding carboxylic acids is 2. The number of Topliss-reactive ketones (excluding diaryl/α,β-unsaturated/α-hetero) is 2. The number of aliphatic hydroxyl groups is 1. The number of hydrogen-bond acceptors (Lipinski definition) is 4. The third kappa shape index (κ3) is 3.10. The standard InChI is InChI=1S/C19H24O4/c1-23-17-10-16(19(22)15-5-3-2-4-14(15)17)18(21)13-8-6-12(11-20)7-9-13/h6-9,14-17,20H,2-5,10-11H2,1H3. The van der Waals surface area contributed by atoms with Gasteiger partial charge in [0, 0.05) is 18.6 Å². The summed E-state index contributed by atoms with van der Waals surface area (Å²) in [5.41, 5.74) is 1.31. The molecule has 23 heavy (non-hydrogen) atoms. The SMILES string of the molecule is COC1CC(C(=O)c2ccc(CO)cc2)C(=O)C2CCCCC12. The molecule has 0 aromatic heterocycles. The molecule has 2 saturated carbocycles. The van der Waals surface area contributed by atoms with Gasteiger partial charge in [-0.1, -0.05) is 37.1 Å². The highest BCUT2D eigenvalue weighted by atomic mass is 16.5. The molecule has 0 bridgehead atoms. The van der Waals surface area contributed by atoms with Crippen molar-refractivity contribution < 1.29 is 19.4 Å². The maximum Gasteiger partial charge on any atom is 0.173 e. The molecule has 2 aliphatic rings. The molecule has 0 heterocycles. The molecule has 4 heteroatoms. The van der Waals surface area contributed by atoms with E-state index in [1.807, 2.05) is 0 Å². The van der Waals surface area contributed by atoms with Crippen molar-refractivity contribution in [3.8, 4) is 0 Å². The molecule has 0 spiro atoms. The summed E-state index contributed by atoms with van der Waals surface area (Å²) in [6.45, 7) is -0.0493. The smallest absolute Gasteiger partial charge is 0.173 e. The molecule has 0 radical (unpaired) electrons. The Hall–Kier alpha value is -1.52. The molecule has 4 nitrogen and oxygen atoms in total. The summed E-state index contributed by atoms with van der Waals surface area (Å²) >= 11 is 0. The fraction of sp³-hybridized carbons (Fsp3) is 0.579. The number of ether oxygens (including phenoxy) is 1. The largest absolute Gasteiger partial charge is 0.392 e. The summed E-state index contributed by atoms with van der Waals surface area (Å²) in [6, 6.07) is 6.88. The minimum Gasteiger partial charge on any atom is -0.392 e. The van der Waals surface area contributed by atoms with Gasteiger partial charge in [0.05, 0.1) is 18.6 Å². The van der Waals surface area contributed by atoms with E-state index < -0.39 is 5.92 Å². The van der Waals surface area contributed by atoms with Gasteiger partial charge in [0.1, 0.15) is 5.78 Å². The van der Waals surface area contributed by atoms with E-state index in [0.717, 1.165) is 31.2 Å². The van der Waals surface area contributed by atoms with Gasteiger partial charge in [0.2, 0.25) is 0 Å². The van der Waals surface area contributed by atoms with Crippen LogP contribution in [0.25, 0.3) is 0 Å². The topological polar surface area (TPSA) is 63.6 Å². The van der Waals surface area contributed by atoms with Crippen LogP contribution >= 0.6 is 0 Å². The van der Waals surface area contributed by atoms with Crippen LogP contribution in [-0.4, -0.2) is 29.9 Å². The normalized spacial score (nSPS) is 30.8. The van der Waals surface area contributed by atoms with Crippen molar-refractivity contribution in [2.24, 2.45) is 17.8 Å². The molecule has 2 aliphatic carbocycles. The lowest BCUT2D eigenvalue weighted by Gasteiger charge is -2.42. The molecule has 1 N–H and O–H groups in total. The monoisotopic (exact) mass is 316 g/mol. The number of carbonyl (C=O) groups is 2. The van der Waals surface area contributed by atoms with Gasteiger partial charge in [0.25, 0.3) is 0 Å². The quantitative estimate of drug-likeness (QED) is 0.685. The van der Waals surface area contributed by atoms with E-state index in [-0.39, 0.29) is 36.1 Å². The summed E-state index contributed by atoms with van der Waals surface area (Å²) in [5, 5.41) is 9.10.